The molecule has 4 aliphatic carbocycles. The fourth-order valence-corrected chi connectivity index (χ4v) is 9.65. The van der Waals surface area contributed by atoms with Crippen molar-refractivity contribution in [3.8, 4) is 5.75 Å². The fraction of sp³-hybridized carbons (Fsp3) is 0.735. The second-order valence-electron chi connectivity index (χ2n) is 14.6. The summed E-state index contributed by atoms with van der Waals surface area (Å²) in [4.78, 5) is 55.7. The zero-order valence-electron chi connectivity index (χ0n) is 28.1. The molecular formula is C34H51N2O12P. The smallest absolute Gasteiger partial charge is 0.462 e. The van der Waals surface area contributed by atoms with E-state index in [9.17, 15) is 44.1 Å². The standard InChI is InChI=1S/C34H51N2O12P/c1-34-16-15-21-20-6-4-19(48-49(43,44)45)17-18(20)3-5-22(21)23(34)7-12-28(34)47-30(40)14-10-26(38)25(37)9-13-29(39)36-24-8-11-27(46-2)31(32(24)41)33(35)42/h4,6,17,21-28,31-32,37-38,41H,3,5,7-16H2,1-2H3,(H2,35,42)(H,36,39)(H2,43,44,45). The zero-order valence-corrected chi connectivity index (χ0v) is 29.0. The summed E-state index contributed by atoms with van der Waals surface area (Å²) in [5.74, 6) is -1.30. The maximum absolute atomic E-state index is 12.9. The summed E-state index contributed by atoms with van der Waals surface area (Å²) in [6.07, 6.45) is 1.23. The van der Waals surface area contributed by atoms with Gasteiger partial charge in [0.05, 0.1) is 36.4 Å². The Morgan fingerprint density at radius 3 is 2.43 bits per heavy atom. The van der Waals surface area contributed by atoms with E-state index >= 15 is 0 Å². The van der Waals surface area contributed by atoms with E-state index in [1.165, 1.54) is 12.7 Å². The number of rotatable bonds is 13. The maximum Gasteiger partial charge on any atom is 0.524 e. The van der Waals surface area contributed by atoms with Crippen LogP contribution in [-0.2, 0) is 34.8 Å². The van der Waals surface area contributed by atoms with Crippen molar-refractivity contribution in [3.63, 3.8) is 0 Å². The number of aliphatic hydroxyl groups excluding tert-OH is 3. The number of aliphatic hydroxyl groups is 3. The van der Waals surface area contributed by atoms with Gasteiger partial charge in [-0.05, 0) is 105 Å². The second-order valence-corrected chi connectivity index (χ2v) is 15.8. The molecule has 1 aromatic carbocycles. The van der Waals surface area contributed by atoms with Crippen molar-refractivity contribution in [2.24, 2.45) is 28.9 Å². The number of aryl methyl sites for hydroxylation is 1. The normalized spacial score (nSPS) is 33.7. The van der Waals surface area contributed by atoms with Crippen LogP contribution in [0, 0.1) is 23.2 Å². The summed E-state index contributed by atoms with van der Waals surface area (Å²) in [5.41, 5.74) is 7.50. The van der Waals surface area contributed by atoms with Crippen molar-refractivity contribution >= 4 is 25.6 Å². The summed E-state index contributed by atoms with van der Waals surface area (Å²) < 4.78 is 27.4. The third-order valence-electron chi connectivity index (χ3n) is 11.8. The number of hydrogen-bond donors (Lipinski definition) is 7. The van der Waals surface area contributed by atoms with E-state index in [2.05, 4.69) is 12.2 Å². The number of methoxy groups -OCH3 is 1. The number of phosphoric ester groups is 1. The maximum atomic E-state index is 12.9. The van der Waals surface area contributed by atoms with Gasteiger partial charge in [0, 0.05) is 25.4 Å². The lowest BCUT2D eigenvalue weighted by atomic mass is 9.55. The molecule has 14 nitrogen and oxygen atoms in total. The molecule has 2 amide bonds. The van der Waals surface area contributed by atoms with Gasteiger partial charge in [-0.2, -0.15) is 0 Å². The Bertz CT molecular complexity index is 1420. The number of amides is 2. The first-order chi connectivity index (χ1) is 23.1. The van der Waals surface area contributed by atoms with Crippen LogP contribution < -0.4 is 15.6 Å². The van der Waals surface area contributed by atoms with Gasteiger partial charge in [0.1, 0.15) is 11.9 Å². The lowest BCUT2D eigenvalue weighted by Crippen LogP contribution is -2.57. The number of nitrogens with one attached hydrogen (secondary N) is 1. The van der Waals surface area contributed by atoms with Crippen LogP contribution >= 0.6 is 7.82 Å². The van der Waals surface area contributed by atoms with E-state index in [0.717, 1.165) is 44.1 Å². The van der Waals surface area contributed by atoms with Crippen LogP contribution in [0.4, 0.5) is 0 Å². The highest BCUT2D eigenvalue weighted by Gasteiger charge is 2.56. The predicted octanol–water partition coefficient (Wildman–Crippen LogP) is 1.96. The van der Waals surface area contributed by atoms with Crippen molar-refractivity contribution in [1.29, 1.82) is 0 Å². The molecule has 0 aliphatic heterocycles. The van der Waals surface area contributed by atoms with Crippen molar-refractivity contribution in [2.75, 3.05) is 7.11 Å². The summed E-state index contributed by atoms with van der Waals surface area (Å²) in [7, 11) is -3.20. The molecule has 5 rings (SSSR count). The van der Waals surface area contributed by atoms with Crippen LogP contribution in [0.15, 0.2) is 18.2 Å². The minimum atomic E-state index is -4.64. The monoisotopic (exact) mass is 710 g/mol. The minimum absolute atomic E-state index is 0.0241. The predicted molar refractivity (Wildman–Crippen MR) is 175 cm³/mol. The molecule has 1 aromatic rings. The highest BCUT2D eigenvalue weighted by molar-refractivity contribution is 7.46. The van der Waals surface area contributed by atoms with E-state index < -0.39 is 62.0 Å². The summed E-state index contributed by atoms with van der Waals surface area (Å²) in [6, 6.07) is 4.59. The van der Waals surface area contributed by atoms with E-state index in [0.29, 0.717) is 30.6 Å². The molecule has 49 heavy (non-hydrogen) atoms. The number of nitrogens with two attached hydrogens (primary N) is 1. The van der Waals surface area contributed by atoms with Gasteiger partial charge in [-0.1, -0.05) is 13.0 Å². The Kier molecular flexibility index (Phi) is 11.8. The highest BCUT2D eigenvalue weighted by Crippen LogP contribution is 2.61. The van der Waals surface area contributed by atoms with Gasteiger partial charge in [0.25, 0.3) is 0 Å². The number of ether oxygens (including phenoxy) is 2. The summed E-state index contributed by atoms with van der Waals surface area (Å²) >= 11 is 0. The fourth-order valence-electron chi connectivity index (χ4n) is 9.26. The molecule has 0 saturated heterocycles. The molecule has 15 heteroatoms. The Labute approximate surface area is 286 Å². The number of esters is 1. The van der Waals surface area contributed by atoms with Crippen LogP contribution in [0.2, 0.25) is 0 Å². The molecule has 274 valence electrons. The topological polar surface area (TPSA) is 235 Å². The van der Waals surface area contributed by atoms with Gasteiger partial charge >= 0.3 is 13.8 Å². The van der Waals surface area contributed by atoms with Gasteiger partial charge in [-0.15, -0.1) is 0 Å². The lowest BCUT2D eigenvalue weighted by Gasteiger charge is -2.50. The molecule has 8 N–H and O–H groups in total. The molecule has 11 unspecified atom stereocenters. The Morgan fingerprint density at radius 1 is 1.04 bits per heavy atom. The second kappa shape index (κ2) is 15.3. The van der Waals surface area contributed by atoms with Crippen LogP contribution in [-0.4, -0.2) is 86.6 Å². The lowest BCUT2D eigenvalue weighted by molar-refractivity contribution is -0.158. The number of hydrogen-bond acceptors (Lipinski definition) is 10. The number of fused-ring (bicyclic) bond motifs is 5. The average Bonchev–Trinajstić information content (AvgIpc) is 3.37. The number of carbonyl (C=O) groups excluding carboxylic acids is 3. The molecule has 0 radical (unpaired) electrons. The van der Waals surface area contributed by atoms with Crippen molar-refractivity contribution in [1.82, 2.24) is 5.32 Å². The van der Waals surface area contributed by atoms with E-state index in [-0.39, 0.29) is 43.0 Å². The minimum Gasteiger partial charge on any atom is -0.462 e. The molecule has 0 spiro atoms. The molecule has 3 saturated carbocycles. The van der Waals surface area contributed by atoms with Crippen molar-refractivity contribution in [3.05, 3.63) is 29.3 Å². The first kappa shape index (κ1) is 37.7. The number of phosphoric acid groups is 1. The van der Waals surface area contributed by atoms with E-state index in [4.69, 9.17) is 19.7 Å². The summed E-state index contributed by atoms with van der Waals surface area (Å²) in [6.45, 7) is 2.20. The quantitative estimate of drug-likeness (QED) is 0.115. The Hall–Kier alpha value is -2.58. The molecule has 0 heterocycles. The first-order valence-electron chi connectivity index (χ1n) is 17.3. The zero-order chi connectivity index (χ0) is 35.7. The van der Waals surface area contributed by atoms with Gasteiger partial charge in [-0.3, -0.25) is 24.2 Å². The van der Waals surface area contributed by atoms with Crippen LogP contribution in [0.1, 0.15) is 94.6 Å². The Morgan fingerprint density at radius 2 is 1.76 bits per heavy atom. The van der Waals surface area contributed by atoms with Gasteiger partial charge < -0.3 is 40.4 Å². The number of carbonyl (C=O) groups is 3. The molecule has 0 aromatic heterocycles. The van der Waals surface area contributed by atoms with Crippen molar-refractivity contribution < 1.29 is 58.1 Å². The van der Waals surface area contributed by atoms with Gasteiger partial charge in [0.15, 0.2) is 0 Å². The third-order valence-corrected chi connectivity index (χ3v) is 12.2. The molecule has 4 aliphatic rings. The van der Waals surface area contributed by atoms with Gasteiger partial charge in [0.2, 0.25) is 11.8 Å². The SMILES string of the molecule is COC1CCC(NC(=O)CCC(O)C(O)CCC(=O)OC2CCC3C4CCc5cc(OP(=O)(O)O)ccc5C4CCC23C)C(O)C1C(N)=O. The number of benzene rings is 1. The largest absolute Gasteiger partial charge is 0.524 e. The number of primary amides is 1. The highest BCUT2D eigenvalue weighted by atomic mass is 31.2. The molecule has 3 fully saturated rings. The van der Waals surface area contributed by atoms with Crippen LogP contribution in [0.5, 0.6) is 5.75 Å². The van der Waals surface area contributed by atoms with Crippen LogP contribution in [0.25, 0.3) is 0 Å². The van der Waals surface area contributed by atoms with Gasteiger partial charge in [-0.25, -0.2) is 4.57 Å². The first-order valence-corrected chi connectivity index (χ1v) is 18.9. The molecule has 11 atom stereocenters. The summed E-state index contributed by atoms with van der Waals surface area (Å²) in [5, 5.41) is 34.3. The average molecular weight is 711 g/mol. The molecule has 0 bridgehead atoms. The molecular weight excluding hydrogens is 659 g/mol. The van der Waals surface area contributed by atoms with Crippen LogP contribution in [0.3, 0.4) is 0 Å². The van der Waals surface area contributed by atoms with Crippen molar-refractivity contribution in [2.45, 2.75) is 126 Å². The van der Waals surface area contributed by atoms with E-state index in [1.807, 2.05) is 6.07 Å². The van der Waals surface area contributed by atoms with E-state index in [1.54, 1.807) is 12.1 Å². The third kappa shape index (κ3) is 8.49. The Balaban J connectivity index is 1.06.